The number of carbonyl (C=O) groups is 2. The Kier molecular flexibility index (Phi) is 3.56. The Bertz CT molecular complexity index is 376. The topological polar surface area (TPSA) is 90.2 Å². The number of hydrogen-bond acceptors (Lipinski definition) is 3. The summed E-state index contributed by atoms with van der Waals surface area (Å²) < 4.78 is 0. The highest BCUT2D eigenvalue weighted by atomic mass is 16.4. The van der Waals surface area contributed by atoms with E-state index in [0.29, 0.717) is 11.9 Å². The van der Waals surface area contributed by atoms with E-state index < -0.39 is 17.8 Å². The standard InChI is InChI=1S/C10H10N2O3/c11-6-8(10(14)15)9(13)12-7-4-2-1-3-5-7/h1-6,8,11H,(H,12,13)(H,14,15). The van der Waals surface area contributed by atoms with E-state index in [1.54, 1.807) is 30.3 Å². The number of anilines is 1. The number of benzene rings is 1. The summed E-state index contributed by atoms with van der Waals surface area (Å²) in [7, 11) is 0. The predicted octanol–water partition coefficient (Wildman–Crippen LogP) is 0.975. The molecule has 0 saturated carbocycles. The van der Waals surface area contributed by atoms with Crippen LogP contribution >= 0.6 is 0 Å². The molecule has 0 aliphatic rings. The van der Waals surface area contributed by atoms with Crippen LogP contribution in [0.2, 0.25) is 0 Å². The number of carboxylic acids is 1. The van der Waals surface area contributed by atoms with Crippen molar-refractivity contribution in [2.45, 2.75) is 0 Å². The molecule has 0 spiro atoms. The van der Waals surface area contributed by atoms with Crippen molar-refractivity contribution in [3.05, 3.63) is 30.3 Å². The Morgan fingerprint density at radius 2 is 1.93 bits per heavy atom. The Hall–Kier alpha value is -2.17. The molecule has 1 aromatic rings. The molecule has 0 aromatic heterocycles. The number of aliphatic carboxylic acids is 1. The van der Waals surface area contributed by atoms with Gasteiger partial charge in [-0.2, -0.15) is 0 Å². The lowest BCUT2D eigenvalue weighted by atomic mass is 10.1. The first-order valence-corrected chi connectivity index (χ1v) is 4.24. The van der Waals surface area contributed by atoms with Crippen molar-refractivity contribution in [2.75, 3.05) is 5.32 Å². The number of carboxylic acid groups (broad SMARTS) is 1. The van der Waals surface area contributed by atoms with Gasteiger partial charge >= 0.3 is 5.97 Å². The molecule has 0 heterocycles. The average molecular weight is 206 g/mol. The number of carbonyl (C=O) groups excluding carboxylic acids is 1. The minimum Gasteiger partial charge on any atom is -0.480 e. The normalized spacial score (nSPS) is 11.5. The molecular weight excluding hydrogens is 196 g/mol. The van der Waals surface area contributed by atoms with E-state index in [9.17, 15) is 9.59 Å². The molecule has 5 nitrogen and oxygen atoms in total. The van der Waals surface area contributed by atoms with Gasteiger partial charge in [-0.25, -0.2) is 0 Å². The van der Waals surface area contributed by atoms with Crippen LogP contribution in [0.4, 0.5) is 5.69 Å². The molecule has 5 heteroatoms. The molecule has 1 atom stereocenters. The molecule has 0 radical (unpaired) electrons. The smallest absolute Gasteiger partial charge is 0.321 e. The first-order valence-electron chi connectivity index (χ1n) is 4.24. The highest BCUT2D eigenvalue weighted by Crippen LogP contribution is 2.07. The van der Waals surface area contributed by atoms with Crippen LogP contribution in [0.1, 0.15) is 0 Å². The van der Waals surface area contributed by atoms with Gasteiger partial charge in [0.2, 0.25) is 5.91 Å². The second-order valence-electron chi connectivity index (χ2n) is 2.84. The molecule has 0 aliphatic carbocycles. The maximum atomic E-state index is 11.3. The van der Waals surface area contributed by atoms with Crippen molar-refractivity contribution in [3.63, 3.8) is 0 Å². The molecule has 0 bridgehead atoms. The third-order valence-corrected chi connectivity index (χ3v) is 1.76. The maximum Gasteiger partial charge on any atom is 0.321 e. The lowest BCUT2D eigenvalue weighted by Crippen LogP contribution is -2.30. The summed E-state index contributed by atoms with van der Waals surface area (Å²) in [6.07, 6.45) is 0.598. The largest absolute Gasteiger partial charge is 0.480 e. The van der Waals surface area contributed by atoms with Crippen molar-refractivity contribution in [1.82, 2.24) is 0 Å². The highest BCUT2D eigenvalue weighted by Gasteiger charge is 2.23. The summed E-state index contributed by atoms with van der Waals surface area (Å²) in [5.74, 6) is -3.49. The zero-order valence-electron chi connectivity index (χ0n) is 7.81. The van der Waals surface area contributed by atoms with Gasteiger partial charge in [-0.1, -0.05) is 18.2 Å². The second-order valence-corrected chi connectivity index (χ2v) is 2.84. The number of para-hydroxylation sites is 1. The Balaban J connectivity index is 2.71. The number of amides is 1. The fraction of sp³-hybridized carbons (Fsp3) is 0.100. The van der Waals surface area contributed by atoms with Gasteiger partial charge in [-0.3, -0.25) is 9.59 Å². The lowest BCUT2D eigenvalue weighted by Gasteiger charge is -2.07. The Labute approximate surface area is 86.2 Å². The molecule has 1 rings (SSSR count). The third-order valence-electron chi connectivity index (χ3n) is 1.76. The monoisotopic (exact) mass is 206 g/mol. The van der Waals surface area contributed by atoms with Crippen molar-refractivity contribution < 1.29 is 14.7 Å². The van der Waals surface area contributed by atoms with E-state index in [1.165, 1.54) is 0 Å². The van der Waals surface area contributed by atoms with Crippen LogP contribution in [0.5, 0.6) is 0 Å². The maximum absolute atomic E-state index is 11.3. The van der Waals surface area contributed by atoms with Gasteiger partial charge in [0.15, 0.2) is 5.92 Å². The average Bonchev–Trinajstić information content (AvgIpc) is 2.19. The van der Waals surface area contributed by atoms with Gasteiger partial charge in [-0.05, 0) is 12.1 Å². The highest BCUT2D eigenvalue weighted by molar-refractivity contribution is 6.14. The van der Waals surface area contributed by atoms with Gasteiger partial charge in [0.1, 0.15) is 0 Å². The Morgan fingerprint density at radius 3 is 2.40 bits per heavy atom. The first-order chi connectivity index (χ1) is 7.15. The van der Waals surface area contributed by atoms with E-state index in [4.69, 9.17) is 10.5 Å². The van der Waals surface area contributed by atoms with Crippen LogP contribution in [0.15, 0.2) is 30.3 Å². The first kappa shape index (κ1) is 10.9. The summed E-state index contributed by atoms with van der Waals surface area (Å²) in [6.45, 7) is 0. The molecule has 15 heavy (non-hydrogen) atoms. The summed E-state index contributed by atoms with van der Waals surface area (Å²) >= 11 is 0. The van der Waals surface area contributed by atoms with E-state index >= 15 is 0 Å². The fourth-order valence-corrected chi connectivity index (χ4v) is 1.00. The van der Waals surface area contributed by atoms with Crippen molar-refractivity contribution in [2.24, 2.45) is 5.92 Å². The van der Waals surface area contributed by atoms with Gasteiger partial charge in [0.25, 0.3) is 0 Å². The molecule has 1 unspecified atom stereocenters. The van der Waals surface area contributed by atoms with Crippen molar-refractivity contribution in [3.8, 4) is 0 Å². The van der Waals surface area contributed by atoms with E-state index in [1.807, 2.05) is 0 Å². The van der Waals surface area contributed by atoms with Crippen LogP contribution < -0.4 is 5.32 Å². The zero-order chi connectivity index (χ0) is 11.3. The van der Waals surface area contributed by atoms with Crippen LogP contribution in [0, 0.1) is 11.3 Å². The van der Waals surface area contributed by atoms with Crippen LogP contribution in [0.25, 0.3) is 0 Å². The minimum absolute atomic E-state index is 0.510. The van der Waals surface area contributed by atoms with Crippen molar-refractivity contribution >= 4 is 23.8 Å². The third kappa shape index (κ3) is 2.91. The van der Waals surface area contributed by atoms with Gasteiger partial charge in [0, 0.05) is 11.9 Å². The number of hydrogen-bond donors (Lipinski definition) is 3. The van der Waals surface area contributed by atoms with E-state index in [-0.39, 0.29) is 0 Å². The van der Waals surface area contributed by atoms with Crippen LogP contribution in [-0.2, 0) is 9.59 Å². The molecule has 0 aliphatic heterocycles. The molecular formula is C10H10N2O3. The number of rotatable bonds is 4. The summed E-state index contributed by atoms with van der Waals surface area (Å²) in [4.78, 5) is 21.9. The zero-order valence-corrected chi connectivity index (χ0v) is 7.81. The lowest BCUT2D eigenvalue weighted by molar-refractivity contribution is -0.142. The summed E-state index contributed by atoms with van der Waals surface area (Å²) in [5, 5.41) is 17.8. The van der Waals surface area contributed by atoms with Gasteiger partial charge < -0.3 is 15.8 Å². The number of nitrogens with one attached hydrogen (secondary N) is 2. The fourth-order valence-electron chi connectivity index (χ4n) is 1.00. The SMILES string of the molecule is N=CC(C(=O)O)C(=O)Nc1ccccc1. The van der Waals surface area contributed by atoms with E-state index in [2.05, 4.69) is 5.32 Å². The molecule has 1 amide bonds. The van der Waals surface area contributed by atoms with E-state index in [0.717, 1.165) is 0 Å². The van der Waals surface area contributed by atoms with Crippen molar-refractivity contribution in [1.29, 1.82) is 5.41 Å². The summed E-state index contributed by atoms with van der Waals surface area (Å²) in [6, 6.07) is 8.49. The Morgan fingerprint density at radius 1 is 1.33 bits per heavy atom. The molecule has 78 valence electrons. The van der Waals surface area contributed by atoms with Crippen LogP contribution in [-0.4, -0.2) is 23.2 Å². The molecule has 3 N–H and O–H groups in total. The minimum atomic E-state index is -1.44. The van der Waals surface area contributed by atoms with Crippen LogP contribution in [0.3, 0.4) is 0 Å². The molecule has 0 fully saturated rings. The predicted molar refractivity (Wildman–Crippen MR) is 55.0 cm³/mol. The molecule has 0 saturated heterocycles. The van der Waals surface area contributed by atoms with Gasteiger partial charge in [-0.15, -0.1) is 0 Å². The van der Waals surface area contributed by atoms with Gasteiger partial charge in [0.05, 0.1) is 0 Å². The summed E-state index contributed by atoms with van der Waals surface area (Å²) in [5.41, 5.74) is 0.510. The quantitative estimate of drug-likeness (QED) is 0.506. The second kappa shape index (κ2) is 4.90. The molecule has 1 aromatic carbocycles.